The second-order valence-corrected chi connectivity index (χ2v) is 8.55. The molecule has 0 aliphatic heterocycles. The first-order chi connectivity index (χ1) is 12.5. The zero-order valence-electron chi connectivity index (χ0n) is 14.2. The topological polar surface area (TPSA) is 75.3 Å². The third-order valence-electron chi connectivity index (χ3n) is 4.48. The zero-order valence-corrected chi connectivity index (χ0v) is 15.8. The smallest absolute Gasteiger partial charge is 0.251 e. The van der Waals surface area contributed by atoms with Crippen LogP contribution in [-0.4, -0.2) is 20.4 Å². The molecule has 1 aliphatic carbocycles. The minimum absolute atomic E-state index is 0.0861. The number of benzene rings is 2. The summed E-state index contributed by atoms with van der Waals surface area (Å²) >= 11 is 6.09. The van der Waals surface area contributed by atoms with Crippen LogP contribution in [0.4, 0.5) is 0 Å². The molecule has 2 N–H and O–H groups in total. The lowest BCUT2D eigenvalue weighted by atomic mass is 10.2. The first-order valence-electron chi connectivity index (χ1n) is 8.60. The number of nitrogens with one attached hydrogen (secondary N) is 2. The molecule has 0 unspecified atom stereocenters. The fourth-order valence-corrected chi connectivity index (χ4v) is 4.58. The van der Waals surface area contributed by atoms with Crippen molar-refractivity contribution in [1.82, 2.24) is 10.0 Å². The number of halogens is 1. The van der Waals surface area contributed by atoms with Gasteiger partial charge in [0.05, 0.1) is 5.02 Å². The molecule has 1 fully saturated rings. The molecule has 0 heterocycles. The molecule has 0 saturated heterocycles. The van der Waals surface area contributed by atoms with Crippen LogP contribution in [0.2, 0.25) is 5.02 Å². The summed E-state index contributed by atoms with van der Waals surface area (Å²) in [5.41, 5.74) is 1.13. The normalized spacial score (nSPS) is 15.1. The van der Waals surface area contributed by atoms with Gasteiger partial charge in [-0.2, -0.15) is 0 Å². The Bertz CT molecular complexity index is 879. The second kappa shape index (κ2) is 8.20. The molecule has 0 atom stereocenters. The lowest BCUT2D eigenvalue weighted by Gasteiger charge is -2.13. The van der Waals surface area contributed by atoms with E-state index in [2.05, 4.69) is 10.0 Å². The molecule has 3 rings (SSSR count). The van der Waals surface area contributed by atoms with Crippen LogP contribution < -0.4 is 10.0 Å². The van der Waals surface area contributed by atoms with Crippen LogP contribution in [0.3, 0.4) is 0 Å². The Morgan fingerprint density at radius 2 is 1.77 bits per heavy atom. The molecule has 0 radical (unpaired) electrons. The van der Waals surface area contributed by atoms with Gasteiger partial charge in [0.15, 0.2) is 0 Å². The van der Waals surface area contributed by atoms with E-state index in [0.29, 0.717) is 5.56 Å². The fourth-order valence-electron chi connectivity index (χ4n) is 3.04. The molecule has 138 valence electrons. The third kappa shape index (κ3) is 4.63. The minimum atomic E-state index is -3.83. The number of hydrogen-bond acceptors (Lipinski definition) is 3. The van der Waals surface area contributed by atoms with E-state index in [1.54, 1.807) is 6.07 Å². The third-order valence-corrected chi connectivity index (χ3v) is 6.37. The summed E-state index contributed by atoms with van der Waals surface area (Å²) in [7, 11) is -3.83. The van der Waals surface area contributed by atoms with Crippen LogP contribution in [-0.2, 0) is 16.6 Å². The summed E-state index contributed by atoms with van der Waals surface area (Å²) in [5.74, 6) is -0.270. The zero-order chi connectivity index (χ0) is 18.6. The summed E-state index contributed by atoms with van der Waals surface area (Å²) in [6.45, 7) is 0.151. The Morgan fingerprint density at radius 1 is 1.08 bits per heavy atom. The van der Waals surface area contributed by atoms with Crippen molar-refractivity contribution in [3.63, 3.8) is 0 Å². The van der Waals surface area contributed by atoms with Crippen molar-refractivity contribution in [3.05, 3.63) is 64.7 Å². The number of carbonyl (C=O) groups excluding carboxylic acids is 1. The summed E-state index contributed by atoms with van der Waals surface area (Å²) < 4.78 is 27.8. The van der Waals surface area contributed by atoms with E-state index in [4.69, 9.17) is 11.6 Å². The van der Waals surface area contributed by atoms with Gasteiger partial charge in [0.25, 0.3) is 5.91 Å². The molecule has 1 aliphatic rings. The van der Waals surface area contributed by atoms with E-state index in [-0.39, 0.29) is 28.4 Å². The molecule has 7 heteroatoms. The average molecular weight is 393 g/mol. The first-order valence-corrected chi connectivity index (χ1v) is 10.5. The molecule has 26 heavy (non-hydrogen) atoms. The van der Waals surface area contributed by atoms with Gasteiger partial charge in [-0.15, -0.1) is 0 Å². The molecular formula is C19H21ClN2O3S. The molecule has 0 spiro atoms. The summed E-state index contributed by atoms with van der Waals surface area (Å²) in [6.07, 6.45) is 4.13. The molecular weight excluding hydrogens is 372 g/mol. The first kappa shape index (κ1) is 18.9. The van der Waals surface area contributed by atoms with Crippen molar-refractivity contribution in [2.75, 3.05) is 0 Å². The second-order valence-electron chi connectivity index (χ2n) is 6.41. The minimum Gasteiger partial charge on any atom is -0.349 e. The largest absolute Gasteiger partial charge is 0.349 e. The van der Waals surface area contributed by atoms with Crippen LogP contribution in [0.1, 0.15) is 41.6 Å². The van der Waals surface area contributed by atoms with E-state index in [9.17, 15) is 13.2 Å². The highest BCUT2D eigenvalue weighted by Gasteiger charge is 2.22. The quantitative estimate of drug-likeness (QED) is 0.790. The van der Waals surface area contributed by atoms with Gasteiger partial charge in [-0.05, 0) is 36.6 Å². The molecule has 0 bridgehead atoms. The van der Waals surface area contributed by atoms with E-state index >= 15 is 0 Å². The highest BCUT2D eigenvalue weighted by Crippen LogP contribution is 2.24. The Balaban J connectivity index is 1.76. The number of sulfonamides is 1. The fraction of sp³-hybridized carbons (Fsp3) is 0.316. The molecule has 2 aromatic rings. The van der Waals surface area contributed by atoms with Crippen molar-refractivity contribution in [2.24, 2.45) is 0 Å². The van der Waals surface area contributed by atoms with Gasteiger partial charge in [-0.25, -0.2) is 13.1 Å². The maximum absolute atomic E-state index is 12.6. The Hall–Kier alpha value is -1.89. The van der Waals surface area contributed by atoms with Crippen molar-refractivity contribution < 1.29 is 13.2 Å². The Kier molecular flexibility index (Phi) is 5.96. The SMILES string of the molecule is O=C(NC1CCCC1)c1ccc(Cl)c(S(=O)(=O)NCc2ccccc2)c1. The van der Waals surface area contributed by atoms with Gasteiger partial charge in [-0.1, -0.05) is 54.8 Å². The van der Waals surface area contributed by atoms with Gasteiger partial charge >= 0.3 is 0 Å². The number of rotatable bonds is 6. The van der Waals surface area contributed by atoms with Gasteiger partial charge in [0, 0.05) is 18.2 Å². The van der Waals surface area contributed by atoms with Crippen LogP contribution in [0, 0.1) is 0 Å². The van der Waals surface area contributed by atoms with Crippen LogP contribution in [0.25, 0.3) is 0 Å². The van der Waals surface area contributed by atoms with Crippen molar-refractivity contribution in [2.45, 2.75) is 43.2 Å². The van der Waals surface area contributed by atoms with Gasteiger partial charge in [0.1, 0.15) is 4.90 Å². The molecule has 5 nitrogen and oxygen atoms in total. The van der Waals surface area contributed by atoms with Gasteiger partial charge in [0.2, 0.25) is 10.0 Å². The summed E-state index contributed by atoms with van der Waals surface area (Å²) in [6, 6.07) is 13.7. The lowest BCUT2D eigenvalue weighted by Crippen LogP contribution is -2.32. The van der Waals surface area contributed by atoms with E-state index < -0.39 is 10.0 Å². The van der Waals surface area contributed by atoms with Crippen LogP contribution in [0.5, 0.6) is 0 Å². The number of carbonyl (C=O) groups is 1. The molecule has 1 amide bonds. The maximum atomic E-state index is 12.6. The van der Waals surface area contributed by atoms with Crippen LogP contribution in [0.15, 0.2) is 53.4 Å². The van der Waals surface area contributed by atoms with E-state index in [1.165, 1.54) is 12.1 Å². The van der Waals surface area contributed by atoms with E-state index in [0.717, 1.165) is 31.2 Å². The van der Waals surface area contributed by atoms with Crippen molar-refractivity contribution >= 4 is 27.5 Å². The van der Waals surface area contributed by atoms with Crippen molar-refractivity contribution in [3.8, 4) is 0 Å². The van der Waals surface area contributed by atoms with Gasteiger partial charge in [-0.3, -0.25) is 4.79 Å². The highest BCUT2D eigenvalue weighted by atomic mass is 35.5. The molecule has 0 aromatic heterocycles. The Labute approximate surface area is 158 Å². The molecule has 2 aromatic carbocycles. The predicted molar refractivity (Wildman–Crippen MR) is 102 cm³/mol. The maximum Gasteiger partial charge on any atom is 0.251 e. The summed E-state index contributed by atoms with van der Waals surface area (Å²) in [4.78, 5) is 12.3. The van der Waals surface area contributed by atoms with Crippen molar-refractivity contribution in [1.29, 1.82) is 0 Å². The predicted octanol–water partition coefficient (Wildman–Crippen LogP) is 3.49. The number of hydrogen-bond donors (Lipinski definition) is 2. The lowest BCUT2D eigenvalue weighted by molar-refractivity contribution is 0.0937. The standard InChI is InChI=1S/C19H21ClN2O3S/c20-17-11-10-15(19(23)22-16-8-4-5-9-16)12-18(17)26(24,25)21-13-14-6-2-1-3-7-14/h1-3,6-7,10-12,16,21H,4-5,8-9,13H2,(H,22,23). The summed E-state index contributed by atoms with van der Waals surface area (Å²) in [5, 5.41) is 3.04. The average Bonchev–Trinajstić information content (AvgIpc) is 3.14. The highest BCUT2D eigenvalue weighted by molar-refractivity contribution is 7.89. The Morgan fingerprint density at radius 3 is 2.46 bits per heavy atom. The monoisotopic (exact) mass is 392 g/mol. The molecule has 1 saturated carbocycles. The number of amides is 1. The van der Waals surface area contributed by atoms with Gasteiger partial charge < -0.3 is 5.32 Å². The van der Waals surface area contributed by atoms with E-state index in [1.807, 2.05) is 30.3 Å². The van der Waals surface area contributed by atoms with Crippen LogP contribution >= 0.6 is 11.6 Å².